The molecule has 21 heavy (non-hydrogen) atoms. The number of likely N-dealkylation sites (tertiary alicyclic amines) is 1. The molecule has 1 aromatic carbocycles. The number of benzene rings is 1. The Labute approximate surface area is 121 Å². The zero-order valence-electron chi connectivity index (χ0n) is 11.6. The number of hydrogen-bond donors (Lipinski definition) is 2. The van der Waals surface area contributed by atoms with E-state index in [4.69, 9.17) is 0 Å². The second kappa shape index (κ2) is 6.64. The smallest absolute Gasteiger partial charge is 0.323 e. The number of esters is 1. The number of methoxy groups -OCH3 is 1. The van der Waals surface area contributed by atoms with Gasteiger partial charge in [0.2, 0.25) is 5.91 Å². The van der Waals surface area contributed by atoms with Crippen LogP contribution in [0.4, 0.5) is 10.1 Å². The summed E-state index contributed by atoms with van der Waals surface area (Å²) >= 11 is 0. The van der Waals surface area contributed by atoms with E-state index in [9.17, 15) is 19.1 Å². The molecule has 1 fully saturated rings. The fourth-order valence-electron chi connectivity index (χ4n) is 2.37. The Balaban J connectivity index is 1.98. The molecule has 2 unspecified atom stereocenters. The average molecular weight is 296 g/mol. The SMILES string of the molecule is COC(=O)C1CC(O)CN1CC(=O)Nc1ccccc1F. The van der Waals surface area contributed by atoms with Crippen molar-refractivity contribution in [2.45, 2.75) is 18.6 Å². The molecule has 2 rings (SSSR count). The first-order chi connectivity index (χ1) is 10.0. The van der Waals surface area contributed by atoms with Crippen molar-refractivity contribution >= 4 is 17.6 Å². The van der Waals surface area contributed by atoms with Gasteiger partial charge in [-0.1, -0.05) is 12.1 Å². The van der Waals surface area contributed by atoms with Gasteiger partial charge in [0.1, 0.15) is 11.9 Å². The summed E-state index contributed by atoms with van der Waals surface area (Å²) in [7, 11) is 1.25. The predicted molar refractivity (Wildman–Crippen MR) is 73.0 cm³/mol. The molecule has 1 amide bonds. The lowest BCUT2D eigenvalue weighted by Gasteiger charge is -2.21. The van der Waals surface area contributed by atoms with Crippen LogP contribution in [0.5, 0.6) is 0 Å². The van der Waals surface area contributed by atoms with Gasteiger partial charge in [0.25, 0.3) is 0 Å². The third-order valence-electron chi connectivity index (χ3n) is 3.35. The molecule has 6 nitrogen and oxygen atoms in total. The van der Waals surface area contributed by atoms with Crippen LogP contribution in [-0.2, 0) is 14.3 Å². The zero-order valence-corrected chi connectivity index (χ0v) is 11.6. The van der Waals surface area contributed by atoms with E-state index in [0.29, 0.717) is 0 Å². The number of aliphatic hydroxyl groups is 1. The number of hydrogen-bond acceptors (Lipinski definition) is 5. The van der Waals surface area contributed by atoms with Crippen molar-refractivity contribution in [3.05, 3.63) is 30.1 Å². The molecule has 2 atom stereocenters. The van der Waals surface area contributed by atoms with E-state index in [1.807, 2.05) is 0 Å². The van der Waals surface area contributed by atoms with Crippen molar-refractivity contribution < 1.29 is 23.8 Å². The summed E-state index contributed by atoms with van der Waals surface area (Å²) in [6, 6.07) is 5.16. The number of nitrogens with zero attached hydrogens (tertiary/aromatic N) is 1. The van der Waals surface area contributed by atoms with E-state index < -0.39 is 29.8 Å². The Hall–Kier alpha value is -1.99. The van der Waals surface area contributed by atoms with Gasteiger partial charge >= 0.3 is 5.97 Å². The minimum absolute atomic E-state index is 0.0804. The number of amides is 1. The molecule has 1 aliphatic rings. The number of anilines is 1. The van der Waals surface area contributed by atoms with E-state index in [-0.39, 0.29) is 25.2 Å². The Morgan fingerprint density at radius 1 is 1.48 bits per heavy atom. The molecule has 0 saturated carbocycles. The third-order valence-corrected chi connectivity index (χ3v) is 3.35. The van der Waals surface area contributed by atoms with Gasteiger partial charge in [-0.2, -0.15) is 0 Å². The molecular formula is C14H17FN2O4. The lowest BCUT2D eigenvalue weighted by Crippen LogP contribution is -2.41. The van der Waals surface area contributed by atoms with Crippen LogP contribution in [0.15, 0.2) is 24.3 Å². The Bertz CT molecular complexity index is 537. The summed E-state index contributed by atoms with van der Waals surface area (Å²) in [6.07, 6.45) is -0.463. The molecule has 0 aromatic heterocycles. The van der Waals surface area contributed by atoms with Gasteiger partial charge < -0.3 is 15.2 Å². The zero-order chi connectivity index (χ0) is 15.4. The maximum Gasteiger partial charge on any atom is 0.323 e. The van der Waals surface area contributed by atoms with Crippen molar-refractivity contribution in [2.24, 2.45) is 0 Å². The van der Waals surface area contributed by atoms with Gasteiger partial charge in [-0.3, -0.25) is 14.5 Å². The summed E-state index contributed by atoms with van der Waals surface area (Å²) in [5.74, 6) is -1.48. The number of halogens is 1. The number of carbonyl (C=O) groups excluding carboxylic acids is 2. The predicted octanol–water partition coefficient (Wildman–Crippen LogP) is 0.372. The van der Waals surface area contributed by atoms with E-state index in [2.05, 4.69) is 10.1 Å². The third kappa shape index (κ3) is 3.77. The first-order valence-corrected chi connectivity index (χ1v) is 6.55. The highest BCUT2D eigenvalue weighted by Gasteiger charge is 2.37. The van der Waals surface area contributed by atoms with Crippen LogP contribution in [-0.4, -0.2) is 54.2 Å². The molecule has 0 spiro atoms. The molecule has 1 aliphatic heterocycles. The van der Waals surface area contributed by atoms with Crippen LogP contribution < -0.4 is 5.32 Å². The normalized spacial score (nSPS) is 22.0. The van der Waals surface area contributed by atoms with Crippen LogP contribution in [0.25, 0.3) is 0 Å². The lowest BCUT2D eigenvalue weighted by atomic mass is 10.2. The fourth-order valence-corrected chi connectivity index (χ4v) is 2.37. The highest BCUT2D eigenvalue weighted by atomic mass is 19.1. The number of ether oxygens (including phenoxy) is 1. The molecule has 1 heterocycles. The Kier molecular flexibility index (Phi) is 4.87. The van der Waals surface area contributed by atoms with Crippen LogP contribution in [0.3, 0.4) is 0 Å². The standard InChI is InChI=1S/C14H17FN2O4/c1-21-14(20)12-6-9(18)7-17(12)8-13(19)16-11-5-3-2-4-10(11)15/h2-5,9,12,18H,6-8H2,1H3,(H,16,19). The largest absolute Gasteiger partial charge is 0.468 e. The number of rotatable bonds is 4. The minimum Gasteiger partial charge on any atom is -0.468 e. The van der Waals surface area contributed by atoms with Gasteiger partial charge in [0, 0.05) is 13.0 Å². The summed E-state index contributed by atoms with van der Waals surface area (Å²) in [6.45, 7) is 0.0790. The summed E-state index contributed by atoms with van der Waals surface area (Å²) in [5, 5.41) is 12.1. The second-order valence-electron chi connectivity index (χ2n) is 4.89. The summed E-state index contributed by atoms with van der Waals surface area (Å²) < 4.78 is 18.1. The maximum atomic E-state index is 13.4. The minimum atomic E-state index is -0.685. The van der Waals surface area contributed by atoms with Crippen LogP contribution in [0, 0.1) is 5.82 Å². The van der Waals surface area contributed by atoms with Crippen molar-refractivity contribution in [1.82, 2.24) is 4.90 Å². The van der Waals surface area contributed by atoms with Crippen molar-refractivity contribution in [3.8, 4) is 0 Å². The first kappa shape index (κ1) is 15.4. The van der Waals surface area contributed by atoms with Crippen molar-refractivity contribution in [2.75, 3.05) is 25.5 Å². The highest BCUT2D eigenvalue weighted by Crippen LogP contribution is 2.19. The number of aliphatic hydroxyl groups excluding tert-OH is 1. The average Bonchev–Trinajstić information content (AvgIpc) is 2.81. The Morgan fingerprint density at radius 2 is 2.19 bits per heavy atom. The molecule has 0 aliphatic carbocycles. The molecule has 114 valence electrons. The maximum absolute atomic E-state index is 13.4. The van der Waals surface area contributed by atoms with E-state index in [0.717, 1.165) is 0 Å². The number of carbonyl (C=O) groups is 2. The fraction of sp³-hybridized carbons (Fsp3) is 0.429. The molecule has 0 radical (unpaired) electrons. The monoisotopic (exact) mass is 296 g/mol. The number of nitrogens with one attached hydrogen (secondary N) is 1. The van der Waals surface area contributed by atoms with Gasteiger partial charge in [-0.05, 0) is 12.1 Å². The first-order valence-electron chi connectivity index (χ1n) is 6.55. The molecule has 1 saturated heterocycles. The molecule has 0 bridgehead atoms. The molecule has 1 aromatic rings. The highest BCUT2D eigenvalue weighted by molar-refractivity contribution is 5.92. The van der Waals surface area contributed by atoms with Gasteiger partial charge in [0.05, 0.1) is 25.4 Å². The van der Waals surface area contributed by atoms with E-state index in [1.165, 1.54) is 30.2 Å². The Morgan fingerprint density at radius 3 is 2.86 bits per heavy atom. The topological polar surface area (TPSA) is 78.9 Å². The van der Waals surface area contributed by atoms with E-state index >= 15 is 0 Å². The van der Waals surface area contributed by atoms with E-state index in [1.54, 1.807) is 6.07 Å². The van der Waals surface area contributed by atoms with Gasteiger partial charge in [-0.25, -0.2) is 4.39 Å². The van der Waals surface area contributed by atoms with Crippen molar-refractivity contribution in [1.29, 1.82) is 0 Å². The van der Waals surface area contributed by atoms with Gasteiger partial charge in [0.15, 0.2) is 0 Å². The second-order valence-corrected chi connectivity index (χ2v) is 4.89. The lowest BCUT2D eigenvalue weighted by molar-refractivity contribution is -0.146. The number of β-amino-alcohol motifs (C(OH)–C–C–N with tert-alkyl or cyclic N) is 1. The quantitative estimate of drug-likeness (QED) is 0.785. The van der Waals surface area contributed by atoms with Gasteiger partial charge in [-0.15, -0.1) is 0 Å². The molecule has 2 N–H and O–H groups in total. The molecule has 7 heteroatoms. The number of para-hydroxylation sites is 1. The molecular weight excluding hydrogens is 279 g/mol. The summed E-state index contributed by atoms with van der Waals surface area (Å²) in [4.78, 5) is 25.0. The van der Waals surface area contributed by atoms with Crippen LogP contribution in [0.1, 0.15) is 6.42 Å². The van der Waals surface area contributed by atoms with Crippen LogP contribution in [0.2, 0.25) is 0 Å². The summed E-state index contributed by atoms with van der Waals surface area (Å²) in [5.41, 5.74) is 0.0804. The van der Waals surface area contributed by atoms with Crippen molar-refractivity contribution in [3.63, 3.8) is 0 Å². The van der Waals surface area contributed by atoms with Crippen LogP contribution >= 0.6 is 0 Å².